The largest absolute Gasteiger partial charge is 0.469 e. The van der Waals surface area contributed by atoms with Crippen molar-refractivity contribution in [1.29, 1.82) is 0 Å². The maximum atomic E-state index is 12.6. The number of rotatable bonds is 17. The van der Waals surface area contributed by atoms with Gasteiger partial charge in [-0.25, -0.2) is 19.2 Å². The van der Waals surface area contributed by atoms with E-state index in [1.165, 1.54) is 7.11 Å². The fraction of sp³-hybridized carbons (Fsp3) is 0.519. The lowest BCUT2D eigenvalue weighted by Crippen LogP contribution is -2.45. The summed E-state index contributed by atoms with van der Waals surface area (Å²) in [6.45, 7) is -0.0406. The average molecular weight is 599 g/mol. The van der Waals surface area contributed by atoms with Crippen molar-refractivity contribution < 1.29 is 57.2 Å². The summed E-state index contributed by atoms with van der Waals surface area (Å²) in [5, 5.41) is 7.20. The van der Waals surface area contributed by atoms with E-state index < -0.39 is 59.9 Å². The van der Waals surface area contributed by atoms with E-state index >= 15 is 0 Å². The van der Waals surface area contributed by atoms with Crippen molar-refractivity contribution in [3.63, 3.8) is 0 Å². The molecule has 1 aromatic rings. The molecule has 0 saturated carbocycles. The zero-order valence-electron chi connectivity index (χ0n) is 24.0. The molecule has 3 atom stereocenters. The minimum absolute atomic E-state index is 0.0406. The molecule has 0 aromatic heterocycles. The van der Waals surface area contributed by atoms with Crippen LogP contribution in [0.5, 0.6) is 0 Å². The highest BCUT2D eigenvalue weighted by molar-refractivity contribution is 5.87. The first-order valence-corrected chi connectivity index (χ1v) is 12.9. The van der Waals surface area contributed by atoms with Crippen LogP contribution in [0.3, 0.4) is 0 Å². The molecule has 15 nitrogen and oxygen atoms in total. The molecule has 232 valence electrons. The van der Waals surface area contributed by atoms with Crippen LogP contribution in [0, 0.1) is 0 Å². The van der Waals surface area contributed by atoms with Gasteiger partial charge in [0.05, 0.1) is 28.4 Å². The van der Waals surface area contributed by atoms with Crippen molar-refractivity contribution >= 4 is 41.8 Å². The van der Waals surface area contributed by atoms with Gasteiger partial charge in [0.15, 0.2) is 0 Å². The molecule has 0 radical (unpaired) electrons. The van der Waals surface area contributed by atoms with Gasteiger partial charge >= 0.3 is 30.0 Å². The highest BCUT2D eigenvalue weighted by Gasteiger charge is 2.28. The van der Waals surface area contributed by atoms with E-state index in [4.69, 9.17) is 9.47 Å². The van der Waals surface area contributed by atoms with Crippen molar-refractivity contribution in [3.8, 4) is 0 Å². The van der Waals surface area contributed by atoms with Crippen molar-refractivity contribution in [2.24, 2.45) is 0 Å². The molecule has 1 aromatic carbocycles. The van der Waals surface area contributed by atoms with Crippen LogP contribution in [0.15, 0.2) is 30.3 Å². The Morgan fingerprint density at radius 3 is 1.45 bits per heavy atom. The summed E-state index contributed by atoms with van der Waals surface area (Å²) in [4.78, 5) is 85.0. The first-order valence-electron chi connectivity index (χ1n) is 12.9. The third-order valence-electron chi connectivity index (χ3n) is 5.82. The molecule has 0 unspecified atom stereocenters. The predicted molar refractivity (Wildman–Crippen MR) is 143 cm³/mol. The number of ether oxygens (including phenoxy) is 5. The second-order valence-electron chi connectivity index (χ2n) is 8.76. The van der Waals surface area contributed by atoms with Crippen LogP contribution in [-0.4, -0.2) is 88.3 Å². The number of nitrogens with one attached hydrogen (secondary N) is 3. The van der Waals surface area contributed by atoms with Crippen molar-refractivity contribution in [3.05, 3.63) is 35.9 Å². The van der Waals surface area contributed by atoms with Crippen molar-refractivity contribution in [2.45, 2.75) is 63.3 Å². The zero-order chi connectivity index (χ0) is 31.5. The van der Waals surface area contributed by atoms with Gasteiger partial charge in [-0.2, -0.15) is 0 Å². The van der Waals surface area contributed by atoms with E-state index in [1.807, 2.05) is 0 Å². The van der Waals surface area contributed by atoms with Crippen LogP contribution >= 0.6 is 0 Å². The number of hydrogen-bond donors (Lipinski definition) is 3. The Hall–Kier alpha value is -4.69. The second-order valence-corrected chi connectivity index (χ2v) is 8.76. The average Bonchev–Trinajstić information content (AvgIpc) is 3.01. The molecule has 0 heterocycles. The maximum absolute atomic E-state index is 12.6. The molecule has 0 bridgehead atoms. The number of esters is 4. The van der Waals surface area contributed by atoms with E-state index in [0.29, 0.717) is 0 Å². The fourth-order valence-corrected chi connectivity index (χ4v) is 3.53. The number of amides is 3. The third-order valence-corrected chi connectivity index (χ3v) is 5.82. The zero-order valence-corrected chi connectivity index (χ0v) is 24.0. The van der Waals surface area contributed by atoms with E-state index in [0.717, 1.165) is 26.9 Å². The van der Waals surface area contributed by atoms with Gasteiger partial charge in [0.25, 0.3) is 0 Å². The third kappa shape index (κ3) is 13.6. The molecule has 42 heavy (non-hydrogen) atoms. The summed E-state index contributed by atoms with van der Waals surface area (Å²) in [5.41, 5.74) is 0.728. The van der Waals surface area contributed by atoms with E-state index in [9.17, 15) is 33.6 Å². The number of carbonyl (C=O) groups excluding carboxylic acids is 7. The van der Waals surface area contributed by atoms with Gasteiger partial charge in [-0.1, -0.05) is 30.3 Å². The van der Waals surface area contributed by atoms with E-state index in [2.05, 4.69) is 30.2 Å². The van der Waals surface area contributed by atoms with Crippen LogP contribution in [0.25, 0.3) is 0 Å². The maximum Gasteiger partial charge on any atom is 0.408 e. The Balaban J connectivity index is 2.68. The molecular weight excluding hydrogens is 561 g/mol. The first kappa shape index (κ1) is 35.3. The second kappa shape index (κ2) is 19.4. The highest BCUT2D eigenvalue weighted by atomic mass is 16.6. The minimum Gasteiger partial charge on any atom is -0.469 e. The summed E-state index contributed by atoms with van der Waals surface area (Å²) in [7, 11) is 4.52. The molecule has 0 spiro atoms. The number of hydrogen-bond acceptors (Lipinski definition) is 12. The Bertz CT molecular complexity index is 1080. The monoisotopic (exact) mass is 598 g/mol. The molecule has 0 fully saturated rings. The summed E-state index contributed by atoms with van der Waals surface area (Å²) >= 11 is 0. The Morgan fingerprint density at radius 1 is 0.595 bits per heavy atom. The number of alkyl carbamates (subject to hydrolysis) is 1. The highest BCUT2D eigenvalue weighted by Crippen LogP contribution is 2.07. The van der Waals surface area contributed by atoms with Gasteiger partial charge in [-0.15, -0.1) is 0 Å². The molecule has 3 amide bonds. The lowest BCUT2D eigenvalue weighted by atomic mass is 10.1. The fourth-order valence-electron chi connectivity index (χ4n) is 3.53. The summed E-state index contributed by atoms with van der Waals surface area (Å²) < 4.78 is 23.6. The standard InChI is InChI=1S/C27H37N3O12/c1-38-23(33)15-12-19(25(35)40-3)29-21(31)13-10-18(24(34)39-2)28-22(32)14-11-20(26(36)41-4)30-27(37)42-16-17-8-6-5-7-9-17/h5-9,18-20H,10-16H2,1-4H3,(H,28,32)(H,29,31)(H,30,37)/t18-,19-,20-/m0/s1/i28+1,29+1,30+1. The van der Waals surface area contributed by atoms with Gasteiger partial charge in [-0.3, -0.25) is 14.4 Å². The number of benzene rings is 1. The van der Waals surface area contributed by atoms with Crippen LogP contribution in [0.1, 0.15) is 44.1 Å². The minimum atomic E-state index is -1.24. The Morgan fingerprint density at radius 2 is 1.02 bits per heavy atom. The molecule has 0 aliphatic heterocycles. The lowest BCUT2D eigenvalue weighted by molar-refractivity contribution is -0.147. The summed E-state index contributed by atoms with van der Waals surface area (Å²) in [6.07, 6.45) is -2.11. The van der Waals surface area contributed by atoms with Crippen LogP contribution in [0.2, 0.25) is 0 Å². The van der Waals surface area contributed by atoms with Gasteiger partial charge in [0.2, 0.25) is 11.8 Å². The van der Waals surface area contributed by atoms with Crippen LogP contribution in [-0.2, 0) is 59.1 Å². The van der Waals surface area contributed by atoms with Crippen LogP contribution in [0.4, 0.5) is 4.79 Å². The molecule has 0 aliphatic rings. The van der Waals surface area contributed by atoms with Gasteiger partial charge in [0, 0.05) is 19.3 Å². The van der Waals surface area contributed by atoms with Crippen LogP contribution < -0.4 is 16.0 Å². The molecule has 0 aliphatic carbocycles. The first-order chi connectivity index (χ1) is 20.0. The molecule has 3 N–H and O–H groups in total. The summed E-state index contributed by atoms with van der Waals surface area (Å²) in [5.74, 6) is -4.33. The molecule has 1 rings (SSSR count). The quantitative estimate of drug-likeness (QED) is 0.126. The van der Waals surface area contributed by atoms with Gasteiger partial charge in [0.1, 0.15) is 24.7 Å². The van der Waals surface area contributed by atoms with Crippen molar-refractivity contribution in [1.82, 2.24) is 16.0 Å². The molecular formula is C27H37N3O12. The van der Waals surface area contributed by atoms with Gasteiger partial charge in [-0.05, 0) is 24.8 Å². The van der Waals surface area contributed by atoms with E-state index in [-0.39, 0.29) is 45.1 Å². The normalized spacial score (nSPS) is 12.4. The smallest absolute Gasteiger partial charge is 0.408 e. The molecule has 15 heteroatoms. The topological polar surface area (TPSA) is 202 Å². The van der Waals surface area contributed by atoms with E-state index in [1.54, 1.807) is 30.3 Å². The number of carbonyl (C=O) groups is 7. The Labute approximate surface area is 242 Å². The molecule has 0 saturated heterocycles. The number of methoxy groups -OCH3 is 4. The summed E-state index contributed by atoms with van der Waals surface area (Å²) in [6, 6.07) is 5.26. The lowest BCUT2D eigenvalue weighted by Gasteiger charge is -2.19. The Kier molecular flexibility index (Phi) is 16.3. The SMILES string of the molecule is COC(=O)CC[C@H]([15NH]C(=O)CC[C@H]([15NH]C(=O)CC[C@H]([15NH]C(=O)OCc1ccccc1)C(=O)OC)C(=O)OC)C(=O)OC. The predicted octanol–water partition coefficient (Wildman–Crippen LogP) is 0.284. The van der Waals surface area contributed by atoms with Crippen molar-refractivity contribution in [2.75, 3.05) is 28.4 Å². The van der Waals surface area contributed by atoms with Gasteiger partial charge < -0.3 is 39.6 Å².